The predicted molar refractivity (Wildman–Crippen MR) is 79.8 cm³/mol. The van der Waals surface area contributed by atoms with E-state index < -0.39 is 0 Å². The minimum Gasteiger partial charge on any atom is -0.392 e. The third-order valence-electron chi connectivity index (χ3n) is 4.43. The summed E-state index contributed by atoms with van der Waals surface area (Å²) >= 11 is 0. The van der Waals surface area contributed by atoms with Crippen molar-refractivity contribution in [2.75, 3.05) is 32.7 Å². The molecule has 2 aliphatic rings. The summed E-state index contributed by atoms with van der Waals surface area (Å²) in [4.78, 5) is 20.9. The van der Waals surface area contributed by atoms with Crippen LogP contribution in [-0.4, -0.2) is 64.6 Å². The van der Waals surface area contributed by atoms with Crippen molar-refractivity contribution in [2.24, 2.45) is 5.92 Å². The lowest BCUT2D eigenvalue weighted by Crippen LogP contribution is -2.50. The molecule has 0 aromatic carbocycles. The molecule has 1 N–H and O–H groups in total. The summed E-state index contributed by atoms with van der Waals surface area (Å²) in [5.74, 6) is 0.805. The van der Waals surface area contributed by atoms with Gasteiger partial charge in [0.15, 0.2) is 0 Å². The topological polar surface area (TPSA) is 56.7 Å². The Balaban J connectivity index is 1.50. The molecule has 21 heavy (non-hydrogen) atoms. The highest BCUT2D eigenvalue weighted by Gasteiger charge is 2.46. The standard InChI is InChI=1S/C16H23N3O2/c1-12(20)11-18-5-7-19(8-6-18)16(21)15-9-14(15)13-3-2-4-17-10-13/h2-4,10,12,14-15,20H,5-9,11H2,1H3. The molecule has 1 aromatic rings. The van der Waals surface area contributed by atoms with Crippen molar-refractivity contribution in [3.8, 4) is 0 Å². The fraction of sp³-hybridized carbons (Fsp3) is 0.625. The van der Waals surface area contributed by atoms with Crippen LogP contribution in [0.2, 0.25) is 0 Å². The van der Waals surface area contributed by atoms with Gasteiger partial charge in [-0.2, -0.15) is 0 Å². The van der Waals surface area contributed by atoms with Gasteiger partial charge in [-0.1, -0.05) is 6.07 Å². The molecule has 1 aliphatic heterocycles. The molecule has 2 heterocycles. The summed E-state index contributed by atoms with van der Waals surface area (Å²) in [5, 5.41) is 9.41. The zero-order chi connectivity index (χ0) is 14.8. The third kappa shape index (κ3) is 3.41. The van der Waals surface area contributed by atoms with Crippen molar-refractivity contribution in [3.05, 3.63) is 30.1 Å². The molecule has 3 unspecified atom stereocenters. The zero-order valence-electron chi connectivity index (χ0n) is 12.5. The largest absolute Gasteiger partial charge is 0.392 e. The van der Waals surface area contributed by atoms with E-state index in [9.17, 15) is 9.90 Å². The van der Waals surface area contributed by atoms with Gasteiger partial charge in [0.1, 0.15) is 0 Å². The number of aliphatic hydroxyl groups is 1. The van der Waals surface area contributed by atoms with Gasteiger partial charge in [-0.15, -0.1) is 0 Å². The second kappa shape index (κ2) is 6.12. The third-order valence-corrected chi connectivity index (χ3v) is 4.43. The molecule has 1 amide bonds. The number of piperazine rings is 1. The Bertz CT molecular complexity index is 484. The van der Waals surface area contributed by atoms with E-state index in [0.29, 0.717) is 18.4 Å². The summed E-state index contributed by atoms with van der Waals surface area (Å²) in [6, 6.07) is 4.00. The molecule has 1 saturated carbocycles. The second-order valence-electron chi connectivity index (χ2n) is 6.21. The van der Waals surface area contributed by atoms with Crippen LogP contribution in [0.1, 0.15) is 24.8 Å². The zero-order valence-corrected chi connectivity index (χ0v) is 12.5. The summed E-state index contributed by atoms with van der Waals surface area (Å²) in [5.41, 5.74) is 1.18. The minimum absolute atomic E-state index is 0.150. The molecule has 0 spiro atoms. The minimum atomic E-state index is -0.300. The van der Waals surface area contributed by atoms with Crippen LogP contribution in [0.25, 0.3) is 0 Å². The number of aliphatic hydroxyl groups excluding tert-OH is 1. The van der Waals surface area contributed by atoms with Crippen LogP contribution in [0.4, 0.5) is 0 Å². The fourth-order valence-corrected chi connectivity index (χ4v) is 3.19. The Morgan fingerprint density at radius 2 is 2.19 bits per heavy atom. The number of rotatable bonds is 4. The van der Waals surface area contributed by atoms with Gasteiger partial charge >= 0.3 is 0 Å². The van der Waals surface area contributed by atoms with Crippen LogP contribution < -0.4 is 0 Å². The van der Waals surface area contributed by atoms with E-state index in [4.69, 9.17) is 0 Å². The van der Waals surface area contributed by atoms with E-state index in [0.717, 1.165) is 32.6 Å². The summed E-state index contributed by atoms with van der Waals surface area (Å²) < 4.78 is 0. The molecule has 5 nitrogen and oxygen atoms in total. The Hall–Kier alpha value is -1.46. The average Bonchev–Trinajstić information content (AvgIpc) is 3.28. The molecule has 3 atom stereocenters. The van der Waals surface area contributed by atoms with Crippen LogP contribution >= 0.6 is 0 Å². The average molecular weight is 289 g/mol. The maximum absolute atomic E-state index is 12.5. The van der Waals surface area contributed by atoms with E-state index in [2.05, 4.69) is 16.0 Å². The van der Waals surface area contributed by atoms with Crippen molar-refractivity contribution < 1.29 is 9.90 Å². The monoisotopic (exact) mass is 289 g/mol. The first-order valence-corrected chi connectivity index (χ1v) is 7.74. The van der Waals surface area contributed by atoms with Crippen LogP contribution in [0.3, 0.4) is 0 Å². The SMILES string of the molecule is CC(O)CN1CCN(C(=O)C2CC2c2cccnc2)CC1. The second-order valence-corrected chi connectivity index (χ2v) is 6.21. The van der Waals surface area contributed by atoms with E-state index in [1.54, 1.807) is 13.1 Å². The smallest absolute Gasteiger partial charge is 0.226 e. The molecule has 2 fully saturated rings. The molecule has 0 bridgehead atoms. The quantitative estimate of drug-likeness (QED) is 0.887. The maximum Gasteiger partial charge on any atom is 0.226 e. The van der Waals surface area contributed by atoms with Gasteiger partial charge in [0.05, 0.1) is 6.10 Å². The van der Waals surface area contributed by atoms with Gasteiger partial charge in [0.25, 0.3) is 0 Å². The first-order valence-electron chi connectivity index (χ1n) is 7.74. The van der Waals surface area contributed by atoms with Gasteiger partial charge in [-0.3, -0.25) is 14.7 Å². The Kier molecular flexibility index (Phi) is 4.22. The predicted octanol–water partition coefficient (Wildman–Crippen LogP) is 0.710. The van der Waals surface area contributed by atoms with E-state index in [1.807, 2.05) is 17.2 Å². The molecule has 3 rings (SSSR count). The number of hydrogen-bond donors (Lipinski definition) is 1. The molecular formula is C16H23N3O2. The Morgan fingerprint density at radius 3 is 2.81 bits per heavy atom. The first kappa shape index (κ1) is 14.5. The number of carbonyl (C=O) groups is 1. The van der Waals surface area contributed by atoms with Gasteiger partial charge < -0.3 is 10.0 Å². The Morgan fingerprint density at radius 1 is 1.43 bits per heavy atom. The van der Waals surface area contributed by atoms with Crippen LogP contribution in [0, 0.1) is 5.92 Å². The highest BCUT2D eigenvalue weighted by Crippen LogP contribution is 2.48. The lowest BCUT2D eigenvalue weighted by Gasteiger charge is -2.35. The fourth-order valence-electron chi connectivity index (χ4n) is 3.19. The summed E-state index contributed by atoms with van der Waals surface area (Å²) in [6.07, 6.45) is 4.30. The van der Waals surface area contributed by atoms with Crippen molar-refractivity contribution in [3.63, 3.8) is 0 Å². The number of hydrogen-bond acceptors (Lipinski definition) is 4. The molecular weight excluding hydrogens is 266 g/mol. The highest BCUT2D eigenvalue weighted by molar-refractivity contribution is 5.83. The first-order chi connectivity index (χ1) is 10.1. The molecule has 1 aliphatic carbocycles. The van der Waals surface area contributed by atoms with E-state index in [-0.39, 0.29) is 12.0 Å². The molecule has 0 radical (unpaired) electrons. The van der Waals surface area contributed by atoms with Crippen molar-refractivity contribution >= 4 is 5.91 Å². The Labute approximate surface area is 125 Å². The number of pyridine rings is 1. The van der Waals surface area contributed by atoms with Crippen LogP contribution in [0.5, 0.6) is 0 Å². The van der Waals surface area contributed by atoms with E-state index >= 15 is 0 Å². The van der Waals surface area contributed by atoms with Crippen LogP contribution in [0.15, 0.2) is 24.5 Å². The number of β-amino-alcohol motifs (C(OH)–C–C–N with tert-alkyl or cyclic N) is 1. The highest BCUT2D eigenvalue weighted by atomic mass is 16.3. The van der Waals surface area contributed by atoms with Gasteiger partial charge in [-0.25, -0.2) is 0 Å². The molecule has 5 heteroatoms. The molecule has 1 aromatic heterocycles. The van der Waals surface area contributed by atoms with Crippen molar-refractivity contribution in [1.82, 2.24) is 14.8 Å². The number of nitrogens with zero attached hydrogens (tertiary/aromatic N) is 3. The van der Waals surface area contributed by atoms with Crippen molar-refractivity contribution in [1.29, 1.82) is 0 Å². The van der Waals surface area contributed by atoms with Gasteiger partial charge in [-0.05, 0) is 30.9 Å². The number of amides is 1. The van der Waals surface area contributed by atoms with E-state index in [1.165, 1.54) is 5.56 Å². The lowest BCUT2D eigenvalue weighted by molar-refractivity contribution is -0.134. The van der Waals surface area contributed by atoms with Crippen molar-refractivity contribution in [2.45, 2.75) is 25.4 Å². The lowest BCUT2D eigenvalue weighted by atomic mass is 10.1. The van der Waals surface area contributed by atoms with Gasteiger partial charge in [0.2, 0.25) is 5.91 Å². The maximum atomic E-state index is 12.5. The summed E-state index contributed by atoms with van der Waals surface area (Å²) in [6.45, 7) is 5.79. The summed E-state index contributed by atoms with van der Waals surface area (Å²) in [7, 11) is 0. The normalized spacial score (nSPS) is 27.4. The molecule has 114 valence electrons. The number of carbonyl (C=O) groups excluding carboxylic acids is 1. The molecule has 1 saturated heterocycles. The number of aromatic nitrogens is 1. The van der Waals surface area contributed by atoms with Gasteiger partial charge in [0, 0.05) is 51.0 Å². The van der Waals surface area contributed by atoms with Crippen LogP contribution in [-0.2, 0) is 4.79 Å².